The molecule has 0 radical (unpaired) electrons. The Morgan fingerprint density at radius 2 is 1.68 bits per heavy atom. The number of amides is 1. The summed E-state index contributed by atoms with van der Waals surface area (Å²) in [6, 6.07) is 14.9. The zero-order valence-electron chi connectivity index (χ0n) is 11.9. The second-order valence-electron chi connectivity index (χ2n) is 4.51. The molecule has 7 heteroatoms. The van der Waals surface area contributed by atoms with Crippen molar-refractivity contribution in [3.8, 4) is 0 Å². The maximum atomic E-state index is 12.6. The lowest BCUT2D eigenvalue weighted by Crippen LogP contribution is -2.26. The number of anilines is 2. The van der Waals surface area contributed by atoms with Gasteiger partial charge < -0.3 is 5.32 Å². The monoisotopic (exact) mass is 382 g/mol. The fraction of sp³-hybridized carbons (Fsp3) is 0.133. The molecule has 0 aliphatic heterocycles. The molecule has 0 spiro atoms. The Bertz CT molecular complexity index is 746. The molecule has 0 atom stereocenters. The first-order valence-electron chi connectivity index (χ1n) is 6.45. The summed E-state index contributed by atoms with van der Waals surface area (Å²) in [5, 5.41) is 2.82. The number of para-hydroxylation sites is 1. The Morgan fingerprint density at radius 3 is 2.23 bits per heavy atom. The van der Waals surface area contributed by atoms with Gasteiger partial charge in [-0.3, -0.25) is 9.10 Å². The zero-order valence-corrected chi connectivity index (χ0v) is 14.3. The van der Waals surface area contributed by atoms with Crippen molar-refractivity contribution in [2.75, 3.05) is 22.0 Å². The maximum absolute atomic E-state index is 12.6. The SMILES string of the molecule is CN(c1ccccc1)S(=O)(=O)c1ccc(NC(=O)CBr)cc1. The van der Waals surface area contributed by atoms with Gasteiger partial charge in [-0.25, -0.2) is 8.42 Å². The number of hydrogen-bond donors (Lipinski definition) is 1. The molecular weight excluding hydrogens is 368 g/mol. The molecule has 0 saturated heterocycles. The largest absolute Gasteiger partial charge is 0.325 e. The summed E-state index contributed by atoms with van der Waals surface area (Å²) < 4.78 is 26.3. The third-order valence-electron chi connectivity index (χ3n) is 3.04. The van der Waals surface area contributed by atoms with Gasteiger partial charge in [0.2, 0.25) is 5.91 Å². The van der Waals surface area contributed by atoms with Crippen molar-refractivity contribution < 1.29 is 13.2 Å². The van der Waals surface area contributed by atoms with E-state index in [0.717, 1.165) is 0 Å². The van der Waals surface area contributed by atoms with Gasteiger partial charge in [-0.2, -0.15) is 0 Å². The molecule has 0 unspecified atom stereocenters. The van der Waals surface area contributed by atoms with Crippen LogP contribution in [0.4, 0.5) is 11.4 Å². The first-order chi connectivity index (χ1) is 10.4. The smallest absolute Gasteiger partial charge is 0.264 e. The Labute approximate surface area is 138 Å². The van der Waals surface area contributed by atoms with Gasteiger partial charge >= 0.3 is 0 Å². The van der Waals surface area contributed by atoms with Crippen LogP contribution in [0.15, 0.2) is 59.5 Å². The van der Waals surface area contributed by atoms with Gasteiger partial charge in [0, 0.05) is 12.7 Å². The predicted octanol–water partition coefficient (Wildman–Crippen LogP) is 2.85. The van der Waals surface area contributed by atoms with Crippen molar-refractivity contribution in [3.05, 3.63) is 54.6 Å². The minimum absolute atomic E-state index is 0.163. The molecular formula is C15H15BrN2O3S. The van der Waals surface area contributed by atoms with Crippen LogP contribution in [-0.2, 0) is 14.8 Å². The first kappa shape index (κ1) is 16.5. The predicted molar refractivity (Wildman–Crippen MR) is 90.9 cm³/mol. The molecule has 0 heterocycles. The number of rotatable bonds is 5. The lowest BCUT2D eigenvalue weighted by molar-refractivity contribution is -0.113. The van der Waals surface area contributed by atoms with Gasteiger partial charge in [0.15, 0.2) is 0 Å². The summed E-state index contributed by atoms with van der Waals surface area (Å²) in [7, 11) is -2.13. The molecule has 2 rings (SSSR count). The second-order valence-corrected chi connectivity index (χ2v) is 7.04. The molecule has 0 aliphatic carbocycles. The minimum Gasteiger partial charge on any atom is -0.325 e. The molecule has 2 aromatic carbocycles. The van der Waals surface area contributed by atoms with Crippen molar-refractivity contribution in [2.24, 2.45) is 0 Å². The van der Waals surface area contributed by atoms with Gasteiger partial charge in [0.25, 0.3) is 10.0 Å². The highest BCUT2D eigenvalue weighted by Crippen LogP contribution is 2.22. The van der Waals surface area contributed by atoms with Crippen molar-refractivity contribution in [2.45, 2.75) is 4.90 Å². The van der Waals surface area contributed by atoms with Crippen molar-refractivity contribution in [1.82, 2.24) is 0 Å². The van der Waals surface area contributed by atoms with Gasteiger partial charge in [-0.15, -0.1) is 0 Å². The Morgan fingerprint density at radius 1 is 1.09 bits per heavy atom. The third-order valence-corrected chi connectivity index (χ3v) is 5.35. The highest BCUT2D eigenvalue weighted by atomic mass is 79.9. The lowest BCUT2D eigenvalue weighted by atomic mass is 10.3. The van der Waals surface area contributed by atoms with Crippen LogP contribution in [-0.4, -0.2) is 26.7 Å². The lowest BCUT2D eigenvalue weighted by Gasteiger charge is -2.19. The summed E-state index contributed by atoms with van der Waals surface area (Å²) in [4.78, 5) is 11.4. The van der Waals surface area contributed by atoms with Crippen LogP contribution in [0.2, 0.25) is 0 Å². The number of alkyl halides is 1. The zero-order chi connectivity index (χ0) is 16.2. The van der Waals surface area contributed by atoms with Crippen LogP contribution in [0.25, 0.3) is 0 Å². The number of halogens is 1. The second kappa shape index (κ2) is 6.93. The average molecular weight is 383 g/mol. The quantitative estimate of drug-likeness (QED) is 0.808. The van der Waals surface area contributed by atoms with Gasteiger partial charge in [0.05, 0.1) is 15.9 Å². The van der Waals surface area contributed by atoms with Crippen LogP contribution in [0, 0.1) is 0 Å². The summed E-state index contributed by atoms with van der Waals surface area (Å²) in [5.74, 6) is -0.197. The number of hydrogen-bond acceptors (Lipinski definition) is 3. The summed E-state index contributed by atoms with van der Waals surface area (Å²) >= 11 is 3.05. The Balaban J connectivity index is 2.25. The fourth-order valence-electron chi connectivity index (χ4n) is 1.84. The average Bonchev–Trinajstić information content (AvgIpc) is 2.55. The number of carbonyl (C=O) groups excluding carboxylic acids is 1. The topological polar surface area (TPSA) is 66.5 Å². The number of benzene rings is 2. The number of sulfonamides is 1. The first-order valence-corrected chi connectivity index (χ1v) is 9.01. The molecule has 5 nitrogen and oxygen atoms in total. The van der Waals surface area contributed by atoms with Crippen LogP contribution >= 0.6 is 15.9 Å². The van der Waals surface area contributed by atoms with E-state index in [1.807, 2.05) is 6.07 Å². The molecule has 0 bridgehead atoms. The van der Waals surface area contributed by atoms with E-state index in [0.29, 0.717) is 11.4 Å². The molecule has 0 aromatic heterocycles. The van der Waals surface area contributed by atoms with E-state index in [-0.39, 0.29) is 16.1 Å². The molecule has 1 N–H and O–H groups in total. The van der Waals surface area contributed by atoms with E-state index in [4.69, 9.17) is 0 Å². The number of nitrogens with zero attached hydrogens (tertiary/aromatic N) is 1. The molecule has 0 fully saturated rings. The highest BCUT2D eigenvalue weighted by Gasteiger charge is 2.20. The molecule has 0 aliphatic rings. The summed E-state index contributed by atoms with van der Waals surface area (Å²) in [5.41, 5.74) is 1.13. The molecule has 22 heavy (non-hydrogen) atoms. The fourth-order valence-corrected chi connectivity index (χ4v) is 3.18. The minimum atomic E-state index is -3.63. The highest BCUT2D eigenvalue weighted by molar-refractivity contribution is 9.09. The molecule has 116 valence electrons. The van der Waals surface area contributed by atoms with E-state index in [9.17, 15) is 13.2 Å². The van der Waals surface area contributed by atoms with E-state index >= 15 is 0 Å². The van der Waals surface area contributed by atoms with Crippen LogP contribution in [0.5, 0.6) is 0 Å². The summed E-state index contributed by atoms with van der Waals surface area (Å²) in [6.45, 7) is 0. The molecule has 0 saturated carbocycles. The third kappa shape index (κ3) is 3.66. The Kier molecular flexibility index (Phi) is 5.20. The van der Waals surface area contributed by atoms with Crippen LogP contribution < -0.4 is 9.62 Å². The van der Waals surface area contributed by atoms with E-state index < -0.39 is 10.0 Å². The van der Waals surface area contributed by atoms with Crippen LogP contribution in [0.3, 0.4) is 0 Å². The summed E-state index contributed by atoms with van der Waals surface area (Å²) in [6.07, 6.45) is 0. The number of nitrogens with one attached hydrogen (secondary N) is 1. The van der Waals surface area contributed by atoms with Gasteiger partial charge in [-0.05, 0) is 36.4 Å². The van der Waals surface area contributed by atoms with E-state index in [2.05, 4.69) is 21.2 Å². The van der Waals surface area contributed by atoms with Crippen molar-refractivity contribution >= 4 is 43.2 Å². The van der Waals surface area contributed by atoms with Gasteiger partial charge in [-0.1, -0.05) is 34.1 Å². The standard InChI is InChI=1S/C15H15BrN2O3S/c1-18(13-5-3-2-4-6-13)22(20,21)14-9-7-12(8-10-14)17-15(19)11-16/h2-10H,11H2,1H3,(H,17,19). The van der Waals surface area contributed by atoms with Crippen molar-refractivity contribution in [3.63, 3.8) is 0 Å². The van der Waals surface area contributed by atoms with Gasteiger partial charge in [0.1, 0.15) is 0 Å². The number of carbonyl (C=O) groups is 1. The van der Waals surface area contributed by atoms with E-state index in [1.54, 1.807) is 36.4 Å². The Hall–Kier alpha value is -1.86. The normalized spacial score (nSPS) is 11.0. The van der Waals surface area contributed by atoms with E-state index in [1.165, 1.54) is 23.5 Å². The maximum Gasteiger partial charge on any atom is 0.264 e. The van der Waals surface area contributed by atoms with Crippen molar-refractivity contribution in [1.29, 1.82) is 0 Å². The van der Waals surface area contributed by atoms with Crippen LogP contribution in [0.1, 0.15) is 0 Å². The molecule has 2 aromatic rings. The molecule has 1 amide bonds.